The number of halogens is 3. The van der Waals surface area contributed by atoms with Crippen molar-refractivity contribution in [1.82, 2.24) is 15.2 Å². The van der Waals surface area contributed by atoms with E-state index >= 15 is 0 Å². The van der Waals surface area contributed by atoms with Crippen molar-refractivity contribution in [2.75, 3.05) is 18.0 Å². The number of alkyl halides is 3. The number of benzene rings is 1. The molecule has 1 aliphatic heterocycles. The number of hydrogen-bond donors (Lipinski definition) is 1. The minimum absolute atomic E-state index is 0.0163. The molecule has 33 heavy (non-hydrogen) atoms. The van der Waals surface area contributed by atoms with Gasteiger partial charge in [0.2, 0.25) is 0 Å². The molecule has 0 spiro atoms. The predicted molar refractivity (Wildman–Crippen MR) is 114 cm³/mol. The summed E-state index contributed by atoms with van der Waals surface area (Å²) >= 11 is 0. The van der Waals surface area contributed by atoms with Gasteiger partial charge < -0.3 is 15.0 Å². The van der Waals surface area contributed by atoms with Crippen molar-refractivity contribution in [2.24, 2.45) is 0 Å². The van der Waals surface area contributed by atoms with Crippen LogP contribution in [0.25, 0.3) is 0 Å². The zero-order valence-corrected chi connectivity index (χ0v) is 17.9. The molecule has 0 radical (unpaired) electrons. The number of carbonyl (C=O) groups excluding carboxylic acids is 2. The van der Waals surface area contributed by atoms with E-state index < -0.39 is 18.0 Å². The van der Waals surface area contributed by atoms with Crippen molar-refractivity contribution in [3.05, 3.63) is 59.9 Å². The summed E-state index contributed by atoms with van der Waals surface area (Å²) in [5.41, 5.74) is 0.284. The van der Waals surface area contributed by atoms with Gasteiger partial charge in [0.05, 0.1) is 11.9 Å². The SMILES string of the molecule is O=C(N[C@H]1CC[C@H](N2CCN(c3ccc(C(F)(F)F)nc3)C2=O)CC1)OCc1ccccc1. The van der Waals surface area contributed by atoms with E-state index in [0.29, 0.717) is 18.8 Å². The Balaban J connectivity index is 1.24. The molecule has 2 fully saturated rings. The number of pyridine rings is 1. The lowest BCUT2D eigenvalue weighted by Gasteiger charge is -2.34. The Bertz CT molecular complexity index is 961. The van der Waals surface area contributed by atoms with Crippen LogP contribution in [-0.4, -0.2) is 47.2 Å². The molecule has 2 heterocycles. The lowest BCUT2D eigenvalue weighted by Crippen LogP contribution is -2.45. The van der Waals surface area contributed by atoms with Crippen LogP contribution in [0, 0.1) is 0 Å². The molecule has 3 amide bonds. The predicted octanol–water partition coefficient (Wildman–Crippen LogP) is 4.58. The molecule has 2 aliphatic rings. The summed E-state index contributed by atoms with van der Waals surface area (Å²) in [5, 5.41) is 2.89. The molecule has 7 nitrogen and oxygen atoms in total. The summed E-state index contributed by atoms with van der Waals surface area (Å²) in [5.74, 6) is 0. The Labute approximate surface area is 189 Å². The summed E-state index contributed by atoms with van der Waals surface area (Å²) in [4.78, 5) is 31.6. The van der Waals surface area contributed by atoms with Gasteiger partial charge in [-0.1, -0.05) is 30.3 Å². The van der Waals surface area contributed by atoms with Gasteiger partial charge in [0.15, 0.2) is 0 Å². The molecule has 4 rings (SSSR count). The maximum Gasteiger partial charge on any atom is 0.433 e. The van der Waals surface area contributed by atoms with Crippen molar-refractivity contribution in [3.63, 3.8) is 0 Å². The van der Waals surface area contributed by atoms with Gasteiger partial charge in [-0.3, -0.25) is 4.90 Å². The van der Waals surface area contributed by atoms with Gasteiger partial charge in [-0.25, -0.2) is 14.6 Å². The number of urea groups is 1. The van der Waals surface area contributed by atoms with Gasteiger partial charge >= 0.3 is 18.3 Å². The highest BCUT2D eigenvalue weighted by molar-refractivity contribution is 5.94. The van der Waals surface area contributed by atoms with Gasteiger partial charge in [0.1, 0.15) is 12.3 Å². The number of anilines is 1. The number of hydrogen-bond acceptors (Lipinski definition) is 4. The van der Waals surface area contributed by atoms with Crippen LogP contribution in [0.15, 0.2) is 48.7 Å². The van der Waals surface area contributed by atoms with Crippen LogP contribution in [0.5, 0.6) is 0 Å². The van der Waals surface area contributed by atoms with E-state index in [0.717, 1.165) is 43.5 Å². The second-order valence-electron chi connectivity index (χ2n) is 8.24. The van der Waals surface area contributed by atoms with Gasteiger partial charge in [-0.05, 0) is 43.4 Å². The third-order valence-electron chi connectivity index (χ3n) is 6.06. The number of nitrogens with zero attached hydrogens (tertiary/aromatic N) is 3. The van der Waals surface area contributed by atoms with E-state index in [9.17, 15) is 22.8 Å². The molecule has 10 heteroatoms. The minimum Gasteiger partial charge on any atom is -0.445 e. The molecule has 1 aliphatic carbocycles. The number of aromatic nitrogens is 1. The zero-order chi connectivity index (χ0) is 23.4. The Kier molecular flexibility index (Phi) is 6.71. The Morgan fingerprint density at radius 3 is 2.42 bits per heavy atom. The topological polar surface area (TPSA) is 74.8 Å². The van der Waals surface area contributed by atoms with Gasteiger partial charge in [-0.15, -0.1) is 0 Å². The van der Waals surface area contributed by atoms with Crippen molar-refractivity contribution in [3.8, 4) is 0 Å². The quantitative estimate of drug-likeness (QED) is 0.706. The maximum atomic E-state index is 12.9. The van der Waals surface area contributed by atoms with Crippen LogP contribution in [0.1, 0.15) is 36.9 Å². The summed E-state index contributed by atoms with van der Waals surface area (Å²) in [6.45, 7) is 1.11. The smallest absolute Gasteiger partial charge is 0.433 e. The van der Waals surface area contributed by atoms with Crippen LogP contribution in [0.3, 0.4) is 0 Å². The molecule has 0 bridgehead atoms. The fourth-order valence-corrected chi connectivity index (χ4v) is 4.31. The van der Waals surface area contributed by atoms with E-state index in [1.54, 1.807) is 4.90 Å². The molecule has 0 unspecified atom stereocenters. The Hall–Kier alpha value is -3.30. The average molecular weight is 462 g/mol. The molecule has 176 valence electrons. The van der Waals surface area contributed by atoms with Crippen molar-refractivity contribution < 1.29 is 27.5 Å². The highest BCUT2D eigenvalue weighted by atomic mass is 19.4. The molecule has 1 aromatic heterocycles. The third kappa shape index (κ3) is 5.55. The molecule has 1 aromatic carbocycles. The first-order valence-electron chi connectivity index (χ1n) is 10.9. The Morgan fingerprint density at radius 2 is 1.79 bits per heavy atom. The number of ether oxygens (including phenoxy) is 1. The summed E-state index contributed by atoms with van der Waals surface area (Å²) in [6.07, 6.45) is -0.983. The number of rotatable bonds is 5. The molecule has 2 aromatic rings. The highest BCUT2D eigenvalue weighted by Gasteiger charge is 2.37. The number of nitrogens with one attached hydrogen (secondary N) is 1. The van der Waals surface area contributed by atoms with Crippen LogP contribution < -0.4 is 10.2 Å². The van der Waals surface area contributed by atoms with E-state index in [1.807, 2.05) is 30.3 Å². The molecule has 1 N–H and O–H groups in total. The van der Waals surface area contributed by atoms with Crippen LogP contribution in [0.2, 0.25) is 0 Å². The Morgan fingerprint density at radius 1 is 1.06 bits per heavy atom. The maximum absolute atomic E-state index is 12.9. The zero-order valence-electron chi connectivity index (χ0n) is 17.9. The van der Waals surface area contributed by atoms with Crippen LogP contribution in [-0.2, 0) is 17.5 Å². The summed E-state index contributed by atoms with van der Waals surface area (Å²) in [7, 11) is 0. The average Bonchev–Trinajstić information content (AvgIpc) is 3.19. The second-order valence-corrected chi connectivity index (χ2v) is 8.24. The van der Waals surface area contributed by atoms with Crippen LogP contribution in [0.4, 0.5) is 28.4 Å². The third-order valence-corrected chi connectivity index (χ3v) is 6.06. The van der Waals surface area contributed by atoms with Gasteiger partial charge in [0.25, 0.3) is 0 Å². The molecule has 0 atom stereocenters. The monoisotopic (exact) mass is 462 g/mol. The first-order chi connectivity index (χ1) is 15.8. The lowest BCUT2D eigenvalue weighted by atomic mass is 9.90. The van der Waals surface area contributed by atoms with E-state index in [1.165, 1.54) is 11.0 Å². The number of carbonyl (C=O) groups is 2. The van der Waals surface area contributed by atoms with Crippen molar-refractivity contribution in [2.45, 2.75) is 50.6 Å². The van der Waals surface area contributed by atoms with Crippen LogP contribution >= 0.6 is 0 Å². The summed E-state index contributed by atoms with van der Waals surface area (Å²) < 4.78 is 43.4. The lowest BCUT2D eigenvalue weighted by molar-refractivity contribution is -0.141. The minimum atomic E-state index is -4.51. The van der Waals surface area contributed by atoms with Crippen molar-refractivity contribution in [1.29, 1.82) is 0 Å². The first kappa shape index (κ1) is 22.9. The molecule has 1 saturated heterocycles. The summed E-state index contributed by atoms with van der Waals surface area (Å²) in [6, 6.07) is 11.4. The fourth-order valence-electron chi connectivity index (χ4n) is 4.31. The fraction of sp³-hybridized carbons (Fsp3) is 0.435. The number of amides is 3. The van der Waals surface area contributed by atoms with Gasteiger partial charge in [-0.2, -0.15) is 13.2 Å². The van der Waals surface area contributed by atoms with Gasteiger partial charge in [0, 0.05) is 25.2 Å². The van der Waals surface area contributed by atoms with Crippen molar-refractivity contribution >= 4 is 17.8 Å². The van der Waals surface area contributed by atoms with E-state index in [-0.39, 0.29) is 24.7 Å². The number of alkyl carbamates (subject to hydrolysis) is 1. The first-order valence-corrected chi connectivity index (χ1v) is 10.9. The normalized spacial score (nSPS) is 21.2. The standard InChI is InChI=1S/C23H25F3N4O3/c24-23(25,26)20-11-10-19(14-27-20)30-13-12-29(22(30)32)18-8-6-17(7-9-18)28-21(31)33-15-16-4-2-1-3-5-16/h1-5,10-11,14,17-18H,6-9,12-13,15H2,(H,28,31)/t17-,18-. The van der Waals surface area contributed by atoms with E-state index in [4.69, 9.17) is 4.74 Å². The second kappa shape index (κ2) is 9.68. The largest absolute Gasteiger partial charge is 0.445 e. The molecular weight excluding hydrogens is 437 g/mol. The molecule has 1 saturated carbocycles. The van der Waals surface area contributed by atoms with E-state index in [2.05, 4.69) is 10.3 Å². The molecular formula is C23H25F3N4O3. The highest BCUT2D eigenvalue weighted by Crippen LogP contribution is 2.31.